The quantitative estimate of drug-likeness (QED) is 0.0389. The number of aliphatic hydroxyl groups is 1. The second-order valence-corrected chi connectivity index (χ2v) is 22.5. The van der Waals surface area contributed by atoms with Crippen LogP contribution in [0.15, 0.2) is 207 Å². The highest BCUT2D eigenvalue weighted by atomic mass is 16.5. The van der Waals surface area contributed by atoms with E-state index in [2.05, 4.69) is 113 Å². The Kier molecular flexibility index (Phi) is 20.2. The number of hydrogen-bond acceptors (Lipinski definition) is 9. The molecule has 8 aromatic carbocycles. The molecule has 17 heteroatoms. The molecule has 456 valence electrons. The Hall–Kier alpha value is -10.2. The molecule has 0 radical (unpaired) electrons. The molecule has 0 bridgehead atoms. The number of anilines is 4. The van der Waals surface area contributed by atoms with Gasteiger partial charge in [0, 0.05) is 107 Å². The van der Waals surface area contributed by atoms with Crippen LogP contribution in [0.4, 0.5) is 32.3 Å². The predicted molar refractivity (Wildman–Crippen MR) is 355 cm³/mol. The molecule has 0 saturated carbocycles. The Balaban J connectivity index is 0.000000196. The number of amides is 6. The lowest BCUT2D eigenvalue weighted by Crippen LogP contribution is -2.34. The summed E-state index contributed by atoms with van der Waals surface area (Å²) in [6, 6.07) is 60.2. The number of nitrogens with zero attached hydrogens (tertiary/aromatic N) is 4. The summed E-state index contributed by atoms with van der Waals surface area (Å²) in [4.78, 5) is 54.5. The average molecular weight is 1190 g/mol. The first-order valence-electron chi connectivity index (χ1n) is 30.2. The van der Waals surface area contributed by atoms with Crippen molar-refractivity contribution >= 4 is 68.4 Å². The maximum Gasteiger partial charge on any atom is 0.319 e. The number of carbonyl (C=O) groups excluding carboxylic acids is 4. The highest BCUT2D eigenvalue weighted by Crippen LogP contribution is 2.31. The first-order chi connectivity index (χ1) is 43.1. The van der Waals surface area contributed by atoms with Gasteiger partial charge < -0.3 is 55.6 Å². The third-order valence-electron chi connectivity index (χ3n) is 15.1. The lowest BCUT2D eigenvalue weighted by atomic mass is 10.1. The van der Waals surface area contributed by atoms with Gasteiger partial charge in [-0.05, 0) is 216 Å². The molecule has 1 fully saturated rings. The minimum atomic E-state index is -0.258. The minimum absolute atomic E-state index is 0.0495. The standard InChI is InChI=1S/C36H37N5O4.C36H39N5O3/c1-24(2)37-36(44)39-28-11-17-32(18-12-28)45-31-15-9-27(10-16-31)38-35(43)25-7-13-29(14-8-25)41-22-26(21-40-20-19-30(42)23-40)33-5-3-4-6-34(33)41;1-5-40(6-2)23-27-24-41(34-10-8-7-9-33(27)34)30-17-11-26(12-18-30)35(42)38-28-13-19-31(20-14-28)44-32-21-15-29(16-22-32)39-36(43)37-25(3)4/h3-18,22,24,30,42H,19-21,23H2,1-2H3,(H,38,43)(H2,37,39,44);7-22,24-25H,5-6,23H2,1-4H3,(H,38,42)(H2,37,39,43). The molecule has 17 nitrogen and oxygen atoms in total. The molecule has 6 amide bonds. The van der Waals surface area contributed by atoms with Gasteiger partial charge in [0.05, 0.1) is 17.1 Å². The molecule has 1 atom stereocenters. The van der Waals surface area contributed by atoms with Crippen molar-refractivity contribution in [1.82, 2.24) is 29.6 Å². The van der Waals surface area contributed by atoms with Gasteiger partial charge in [-0.1, -0.05) is 50.2 Å². The molecular weight excluding hydrogens is 1120 g/mol. The Labute approximate surface area is 519 Å². The van der Waals surface area contributed by atoms with Crippen molar-refractivity contribution in [2.24, 2.45) is 0 Å². The van der Waals surface area contributed by atoms with Crippen LogP contribution >= 0.6 is 0 Å². The van der Waals surface area contributed by atoms with E-state index < -0.39 is 0 Å². The van der Waals surface area contributed by atoms with Crippen LogP contribution in [-0.4, -0.2) is 92.3 Å². The zero-order chi connectivity index (χ0) is 62.4. The summed E-state index contributed by atoms with van der Waals surface area (Å²) < 4.78 is 16.2. The Morgan fingerprint density at radius 1 is 0.494 bits per heavy atom. The monoisotopic (exact) mass is 1190 g/mol. The van der Waals surface area contributed by atoms with E-state index in [1.165, 1.54) is 21.9 Å². The normalized spacial score (nSPS) is 13.0. The number of hydrogen-bond donors (Lipinski definition) is 7. The molecule has 0 spiro atoms. The van der Waals surface area contributed by atoms with Crippen molar-refractivity contribution in [2.45, 2.75) is 79.2 Å². The maximum atomic E-state index is 13.0. The van der Waals surface area contributed by atoms with E-state index in [0.717, 1.165) is 61.6 Å². The zero-order valence-corrected chi connectivity index (χ0v) is 51.0. The molecule has 1 aliphatic heterocycles. The summed E-state index contributed by atoms with van der Waals surface area (Å²) in [5, 5.41) is 29.4. The van der Waals surface area contributed by atoms with Gasteiger partial charge in [-0.15, -0.1) is 0 Å². The smallest absolute Gasteiger partial charge is 0.319 e. The van der Waals surface area contributed by atoms with Gasteiger partial charge in [-0.25, -0.2) is 9.59 Å². The fourth-order valence-electron chi connectivity index (χ4n) is 10.6. The summed E-state index contributed by atoms with van der Waals surface area (Å²) >= 11 is 0. The van der Waals surface area contributed by atoms with Gasteiger partial charge in [-0.2, -0.15) is 0 Å². The van der Waals surface area contributed by atoms with Crippen LogP contribution in [-0.2, 0) is 13.1 Å². The minimum Gasteiger partial charge on any atom is -0.457 e. The van der Waals surface area contributed by atoms with Crippen molar-refractivity contribution < 1.29 is 33.8 Å². The summed E-state index contributed by atoms with van der Waals surface area (Å²) in [7, 11) is 0. The second-order valence-electron chi connectivity index (χ2n) is 22.5. The number of β-amino-alcohol motifs (C(OH)–C–C–N with tert-alkyl or cyclic N) is 1. The van der Waals surface area contributed by atoms with E-state index in [0.29, 0.717) is 63.4 Å². The number of ether oxygens (including phenoxy) is 2. The number of nitrogens with one attached hydrogen (secondary N) is 6. The van der Waals surface area contributed by atoms with Gasteiger partial charge in [0.1, 0.15) is 23.0 Å². The lowest BCUT2D eigenvalue weighted by molar-refractivity contribution is 0.101. The molecular formula is C72H76N10O7. The highest BCUT2D eigenvalue weighted by molar-refractivity contribution is 6.05. The van der Waals surface area contributed by atoms with Crippen LogP contribution in [0.2, 0.25) is 0 Å². The lowest BCUT2D eigenvalue weighted by Gasteiger charge is -2.17. The molecule has 1 saturated heterocycles. The highest BCUT2D eigenvalue weighted by Gasteiger charge is 2.22. The topological polar surface area (TPSA) is 195 Å². The van der Waals surface area contributed by atoms with Crippen LogP contribution in [0.1, 0.15) is 79.8 Å². The summed E-state index contributed by atoms with van der Waals surface area (Å²) in [6.07, 6.45) is 4.93. The first kappa shape index (κ1) is 61.9. The maximum absolute atomic E-state index is 13.0. The number of aromatic nitrogens is 2. The van der Waals surface area contributed by atoms with Crippen LogP contribution in [0, 0.1) is 0 Å². The zero-order valence-electron chi connectivity index (χ0n) is 51.0. The number of rotatable bonds is 20. The van der Waals surface area contributed by atoms with E-state index in [4.69, 9.17) is 9.47 Å². The molecule has 10 aromatic rings. The van der Waals surface area contributed by atoms with E-state index >= 15 is 0 Å². The predicted octanol–water partition coefficient (Wildman–Crippen LogP) is 14.8. The molecule has 7 N–H and O–H groups in total. The van der Waals surface area contributed by atoms with E-state index in [1.54, 1.807) is 97.1 Å². The van der Waals surface area contributed by atoms with Crippen molar-refractivity contribution in [3.8, 4) is 34.4 Å². The van der Waals surface area contributed by atoms with Crippen LogP contribution in [0.3, 0.4) is 0 Å². The van der Waals surface area contributed by atoms with Crippen molar-refractivity contribution in [3.05, 3.63) is 229 Å². The molecule has 3 heterocycles. The number of benzene rings is 8. The van der Waals surface area contributed by atoms with Gasteiger partial charge in [-0.3, -0.25) is 19.4 Å². The molecule has 1 unspecified atom stereocenters. The van der Waals surface area contributed by atoms with E-state index in [1.807, 2.05) is 88.4 Å². The van der Waals surface area contributed by atoms with Gasteiger partial charge in [0.25, 0.3) is 11.8 Å². The fourth-order valence-corrected chi connectivity index (χ4v) is 10.6. The number of likely N-dealkylation sites (tertiary alicyclic amines) is 1. The third-order valence-corrected chi connectivity index (χ3v) is 15.1. The number of fused-ring (bicyclic) bond motifs is 2. The summed E-state index contributed by atoms with van der Waals surface area (Å²) in [5.74, 6) is 2.12. The van der Waals surface area contributed by atoms with E-state index in [-0.39, 0.29) is 42.1 Å². The number of carbonyl (C=O) groups is 4. The molecule has 11 rings (SSSR count). The average Bonchev–Trinajstić information content (AvgIpc) is 1.87. The largest absolute Gasteiger partial charge is 0.457 e. The Morgan fingerprint density at radius 3 is 1.24 bits per heavy atom. The van der Waals surface area contributed by atoms with Gasteiger partial charge >= 0.3 is 12.1 Å². The van der Waals surface area contributed by atoms with Crippen molar-refractivity contribution in [2.75, 3.05) is 47.4 Å². The SMILES string of the molecule is CC(C)NC(=O)Nc1ccc(Oc2ccc(NC(=O)c3ccc(-n4cc(CN5CCC(O)C5)c5ccccc54)cc3)cc2)cc1.CCN(CC)Cc1cn(-c2ccc(C(=O)Nc3ccc(Oc4ccc(NC(=O)NC(C)C)cc4)cc3)cc2)c2ccccc12. The molecule has 0 aliphatic carbocycles. The molecule has 2 aromatic heterocycles. The second kappa shape index (κ2) is 29.0. The Bertz CT molecular complexity index is 4010. The summed E-state index contributed by atoms with van der Waals surface area (Å²) in [5.41, 5.74) is 10.5. The molecule has 1 aliphatic rings. The van der Waals surface area contributed by atoms with Gasteiger partial charge in [0.2, 0.25) is 0 Å². The van der Waals surface area contributed by atoms with Gasteiger partial charge in [0.15, 0.2) is 0 Å². The number of urea groups is 2. The van der Waals surface area contributed by atoms with Crippen molar-refractivity contribution in [3.63, 3.8) is 0 Å². The molecule has 89 heavy (non-hydrogen) atoms. The number of para-hydroxylation sites is 2. The number of aliphatic hydroxyl groups excluding tert-OH is 1. The third kappa shape index (κ3) is 16.5. The first-order valence-corrected chi connectivity index (χ1v) is 30.2. The van der Waals surface area contributed by atoms with Crippen LogP contribution in [0.25, 0.3) is 33.2 Å². The fraction of sp³-hybridized carbons (Fsp3) is 0.222. The Morgan fingerprint density at radius 2 is 0.865 bits per heavy atom. The van der Waals surface area contributed by atoms with Crippen LogP contribution < -0.4 is 41.4 Å². The van der Waals surface area contributed by atoms with Crippen LogP contribution in [0.5, 0.6) is 23.0 Å². The van der Waals surface area contributed by atoms with E-state index in [9.17, 15) is 24.3 Å². The van der Waals surface area contributed by atoms with Crippen molar-refractivity contribution in [1.29, 1.82) is 0 Å². The summed E-state index contributed by atoms with van der Waals surface area (Å²) in [6.45, 7) is 17.3.